The molecule has 5 nitrogen and oxygen atoms in total. The Morgan fingerprint density at radius 3 is 2.64 bits per heavy atom. The molecule has 0 aliphatic carbocycles. The van der Waals surface area contributed by atoms with Gasteiger partial charge < -0.3 is 4.90 Å². The lowest BCUT2D eigenvalue weighted by molar-refractivity contribution is -0.308. The van der Waals surface area contributed by atoms with Gasteiger partial charge in [0.2, 0.25) is 0 Å². The number of likely N-dealkylation sites (N-methyl/N-ethyl adjacent to an activating group) is 1. The maximum absolute atomic E-state index is 13.1. The largest absolute Gasteiger partial charge is 0.358 e. The molecular formula is C19H14N3O2S+. The Morgan fingerprint density at radius 2 is 1.80 bits per heavy atom. The van der Waals surface area contributed by atoms with Gasteiger partial charge in [-0.3, -0.25) is 4.79 Å². The molecule has 0 unspecified atom stereocenters. The number of anilines is 1. The number of imidazole rings is 1. The van der Waals surface area contributed by atoms with Gasteiger partial charge in [0, 0.05) is 12.1 Å². The van der Waals surface area contributed by atoms with Gasteiger partial charge in [-0.05, 0) is 36.5 Å². The Kier molecular flexibility index (Phi) is 2.87. The number of carbonyl (C=O) groups is 1. The van der Waals surface area contributed by atoms with Crippen molar-refractivity contribution in [1.29, 1.82) is 0 Å². The number of aromatic amines is 1. The Labute approximate surface area is 146 Å². The van der Waals surface area contributed by atoms with Crippen LogP contribution in [-0.4, -0.2) is 16.9 Å². The van der Waals surface area contributed by atoms with Gasteiger partial charge in [-0.2, -0.15) is 0 Å². The molecule has 2 aromatic heterocycles. The molecule has 5 rings (SSSR count). The average molecular weight is 348 g/mol. The third-order valence-corrected chi connectivity index (χ3v) is 5.71. The van der Waals surface area contributed by atoms with Crippen molar-refractivity contribution in [3.05, 3.63) is 69.0 Å². The smallest absolute Gasteiger partial charge is 0.308 e. The van der Waals surface area contributed by atoms with E-state index < -0.39 is 0 Å². The number of aromatic nitrogens is 2. The number of carbonyl (C=O) groups excluding carboxylic acids is 1. The molecule has 0 bridgehead atoms. The molecule has 25 heavy (non-hydrogen) atoms. The van der Waals surface area contributed by atoms with E-state index in [1.165, 1.54) is 11.3 Å². The normalized spacial score (nSPS) is 16.2. The summed E-state index contributed by atoms with van der Waals surface area (Å²) in [6, 6.07) is 15.3. The molecule has 1 N–H and O–H groups in total. The molecule has 0 spiro atoms. The standard InChI is InChI=1S/C19H13N3O2S/c1-2-21-13-9-5-3-7-11(13)15(17(21)23)16-18(24)22-14-10-6-4-8-12(14)20-19(22)25-16/h3-10H,2H2,1H3/p+1. The van der Waals surface area contributed by atoms with E-state index in [-0.39, 0.29) is 11.5 Å². The first-order valence-corrected chi connectivity index (χ1v) is 8.93. The molecule has 1 aliphatic rings. The van der Waals surface area contributed by atoms with Crippen molar-refractivity contribution in [2.45, 2.75) is 6.92 Å². The molecule has 4 aromatic rings. The van der Waals surface area contributed by atoms with Crippen LogP contribution in [0.2, 0.25) is 0 Å². The van der Waals surface area contributed by atoms with E-state index >= 15 is 0 Å². The van der Waals surface area contributed by atoms with E-state index in [0.717, 1.165) is 27.2 Å². The molecule has 0 saturated carbocycles. The van der Waals surface area contributed by atoms with Gasteiger partial charge in [0.1, 0.15) is 4.53 Å². The highest BCUT2D eigenvalue weighted by Gasteiger charge is 2.34. The van der Waals surface area contributed by atoms with Gasteiger partial charge in [0.25, 0.3) is 5.91 Å². The molecular weight excluding hydrogens is 334 g/mol. The van der Waals surface area contributed by atoms with Crippen LogP contribution in [0.25, 0.3) is 21.6 Å². The summed E-state index contributed by atoms with van der Waals surface area (Å²) in [7, 11) is 0. The Hall–Kier alpha value is -2.99. The van der Waals surface area contributed by atoms with Crippen LogP contribution in [0.1, 0.15) is 12.5 Å². The second-order valence-electron chi connectivity index (χ2n) is 5.96. The second-order valence-corrected chi connectivity index (χ2v) is 6.96. The topological polar surface area (TPSA) is 55.9 Å². The third kappa shape index (κ3) is 1.80. The minimum absolute atomic E-state index is 0.102. The monoisotopic (exact) mass is 348 g/mol. The Balaban J connectivity index is 1.94. The fourth-order valence-corrected chi connectivity index (χ4v) is 4.65. The average Bonchev–Trinajstić information content (AvgIpc) is 3.23. The van der Waals surface area contributed by atoms with Crippen LogP contribution in [0.4, 0.5) is 5.69 Å². The van der Waals surface area contributed by atoms with Gasteiger partial charge >= 0.3 is 10.5 Å². The number of H-pyrrole nitrogens is 1. The molecule has 1 amide bonds. The summed E-state index contributed by atoms with van der Waals surface area (Å²) in [6.45, 7) is 2.52. The first-order chi connectivity index (χ1) is 12.2. The Morgan fingerprint density at radius 1 is 1.04 bits per heavy atom. The number of hydrogen-bond donors (Lipinski definition) is 0. The van der Waals surface area contributed by atoms with Crippen LogP contribution in [0.5, 0.6) is 0 Å². The van der Waals surface area contributed by atoms with E-state index in [9.17, 15) is 9.59 Å². The first-order valence-electron chi connectivity index (χ1n) is 8.11. The summed E-state index contributed by atoms with van der Waals surface area (Å²) in [4.78, 5) is 31.8. The number of hydrogen-bond acceptors (Lipinski definition) is 3. The molecule has 122 valence electrons. The highest BCUT2D eigenvalue weighted by atomic mass is 32.1. The second kappa shape index (κ2) is 5.00. The Bertz CT molecular complexity index is 1290. The summed E-state index contributed by atoms with van der Waals surface area (Å²) < 4.78 is 2.15. The lowest BCUT2D eigenvalue weighted by atomic mass is 10.1. The van der Waals surface area contributed by atoms with Gasteiger partial charge in [0.15, 0.2) is 11.0 Å². The molecule has 2 aromatic carbocycles. The fourth-order valence-electron chi connectivity index (χ4n) is 3.54. The van der Waals surface area contributed by atoms with Gasteiger partial charge in [-0.25, -0.2) is 9.78 Å². The number of benzene rings is 2. The molecule has 0 fully saturated rings. The lowest BCUT2D eigenvalue weighted by Crippen LogP contribution is -2.32. The maximum Gasteiger partial charge on any atom is 0.358 e. The van der Waals surface area contributed by atoms with Crippen LogP contribution in [0.15, 0.2) is 53.3 Å². The van der Waals surface area contributed by atoms with E-state index in [1.54, 1.807) is 9.30 Å². The van der Waals surface area contributed by atoms with Gasteiger partial charge in [0.05, 0.1) is 11.3 Å². The molecule has 1 aliphatic heterocycles. The summed E-state index contributed by atoms with van der Waals surface area (Å²) in [5, 5.41) is 0. The first kappa shape index (κ1) is 14.4. The zero-order valence-corrected chi connectivity index (χ0v) is 14.3. The summed E-state index contributed by atoms with van der Waals surface area (Å²) in [5.74, 6) is -0.102. The number of thiazole rings is 1. The number of fused-ring (bicyclic) bond motifs is 4. The summed E-state index contributed by atoms with van der Waals surface area (Å²) >= 11 is 1.34. The van der Waals surface area contributed by atoms with Crippen molar-refractivity contribution in [1.82, 2.24) is 4.40 Å². The zero-order chi connectivity index (χ0) is 17.1. The third-order valence-electron chi connectivity index (χ3n) is 4.65. The van der Waals surface area contributed by atoms with Crippen LogP contribution in [0.3, 0.4) is 0 Å². The lowest BCUT2D eigenvalue weighted by Gasteiger charge is -2.13. The maximum atomic E-state index is 13.1. The molecule has 0 radical (unpaired) electrons. The minimum Gasteiger partial charge on any atom is -0.308 e. The van der Waals surface area contributed by atoms with E-state index in [4.69, 9.17) is 0 Å². The highest BCUT2D eigenvalue weighted by molar-refractivity contribution is 7.15. The van der Waals surface area contributed by atoms with E-state index in [1.807, 2.05) is 55.5 Å². The number of nitrogens with one attached hydrogen (secondary N) is 1. The van der Waals surface area contributed by atoms with Crippen molar-refractivity contribution in [2.24, 2.45) is 0 Å². The van der Waals surface area contributed by atoms with Crippen LogP contribution in [0, 0.1) is 0 Å². The van der Waals surface area contributed by atoms with Crippen LogP contribution in [-0.2, 0) is 4.79 Å². The minimum atomic E-state index is -0.145. The predicted octanol–water partition coefficient (Wildman–Crippen LogP) is 1.61. The molecule has 0 atom stereocenters. The van der Waals surface area contributed by atoms with Crippen LogP contribution < -0.4 is 20.0 Å². The van der Waals surface area contributed by atoms with Gasteiger partial charge in [-0.1, -0.05) is 30.3 Å². The van der Waals surface area contributed by atoms with Crippen LogP contribution >= 0.6 is 11.3 Å². The summed E-state index contributed by atoms with van der Waals surface area (Å²) in [6.07, 6.45) is 0. The SMILES string of the molecule is CCN1C(=O)C(=c2sc3[nH+]c4ccccc4n3c2=O)c2ccccc21. The number of nitrogens with zero attached hydrogens (tertiary/aromatic N) is 2. The fraction of sp³-hybridized carbons (Fsp3) is 0.105. The molecule has 3 heterocycles. The quantitative estimate of drug-likeness (QED) is 0.525. The van der Waals surface area contributed by atoms with Crippen molar-refractivity contribution in [2.75, 3.05) is 11.4 Å². The number of para-hydroxylation sites is 3. The van der Waals surface area contributed by atoms with Crippen molar-refractivity contribution in [3.63, 3.8) is 0 Å². The van der Waals surface area contributed by atoms with E-state index in [2.05, 4.69) is 4.98 Å². The zero-order valence-electron chi connectivity index (χ0n) is 13.4. The van der Waals surface area contributed by atoms with Gasteiger partial charge in [-0.15, -0.1) is 4.40 Å². The highest BCUT2D eigenvalue weighted by Crippen LogP contribution is 2.34. The van der Waals surface area contributed by atoms with Crippen molar-refractivity contribution >= 4 is 44.5 Å². The molecule has 6 heteroatoms. The predicted molar refractivity (Wildman–Crippen MR) is 97.8 cm³/mol. The number of rotatable bonds is 1. The van der Waals surface area contributed by atoms with Crippen molar-refractivity contribution in [3.8, 4) is 0 Å². The number of amides is 1. The van der Waals surface area contributed by atoms with Crippen molar-refractivity contribution < 1.29 is 9.78 Å². The molecule has 0 saturated heterocycles. The summed E-state index contributed by atoms with van der Waals surface area (Å²) in [5.41, 5.74) is 3.81. The van der Waals surface area contributed by atoms with E-state index in [0.29, 0.717) is 16.7 Å².